The second-order valence-electron chi connectivity index (χ2n) is 7.38. The Morgan fingerprint density at radius 2 is 1.64 bits per heavy atom. The van der Waals surface area contributed by atoms with E-state index in [2.05, 4.69) is 19.2 Å². The normalized spacial score (nSPS) is 19.1. The topological polar surface area (TPSA) is 58.6 Å². The number of benzene rings is 2. The van der Waals surface area contributed by atoms with E-state index in [9.17, 15) is 9.59 Å². The van der Waals surface area contributed by atoms with E-state index in [0.29, 0.717) is 17.9 Å². The second kappa shape index (κ2) is 9.40. The zero-order valence-electron chi connectivity index (χ0n) is 16.6. The van der Waals surface area contributed by atoms with Crippen LogP contribution in [0.3, 0.4) is 0 Å². The van der Waals surface area contributed by atoms with Crippen molar-refractivity contribution >= 4 is 11.8 Å². The van der Waals surface area contributed by atoms with Gasteiger partial charge in [-0.1, -0.05) is 42.5 Å². The van der Waals surface area contributed by atoms with E-state index in [0.717, 1.165) is 24.8 Å². The fourth-order valence-electron chi connectivity index (χ4n) is 3.78. The van der Waals surface area contributed by atoms with Crippen LogP contribution in [0.15, 0.2) is 54.6 Å². The summed E-state index contributed by atoms with van der Waals surface area (Å²) in [6.07, 6.45) is 3.19. The number of amides is 2. The van der Waals surface area contributed by atoms with E-state index < -0.39 is 0 Å². The molecule has 1 aliphatic rings. The minimum Gasteiger partial charge on any atom is -0.483 e. The number of rotatable bonds is 6. The molecule has 1 heterocycles. The molecular weight excluding hydrogens is 352 g/mol. The molecule has 5 heteroatoms. The molecule has 1 fully saturated rings. The fraction of sp³-hybridized carbons (Fsp3) is 0.391. The van der Waals surface area contributed by atoms with Crippen molar-refractivity contribution in [2.75, 3.05) is 6.61 Å². The standard InChI is InChI=1S/C23H28N2O3/c1-17-9-8-10-18(2)25(17)22(26)16-28-21-14-7-6-13-20(21)23(27)24-15-19-11-4-3-5-12-19/h3-7,11-14,17-18H,8-10,15-16H2,1-2H3,(H,24,27)/t17-,18-/m1/s1. The van der Waals surface area contributed by atoms with Gasteiger partial charge in [0.25, 0.3) is 11.8 Å². The molecule has 0 unspecified atom stereocenters. The Morgan fingerprint density at radius 3 is 2.36 bits per heavy atom. The van der Waals surface area contributed by atoms with Gasteiger partial charge in [0.2, 0.25) is 0 Å². The van der Waals surface area contributed by atoms with Crippen molar-refractivity contribution in [3.05, 3.63) is 65.7 Å². The molecule has 1 N–H and O–H groups in total. The lowest BCUT2D eigenvalue weighted by molar-refractivity contribution is -0.139. The molecule has 0 saturated carbocycles. The molecule has 0 aromatic heterocycles. The Kier molecular flexibility index (Phi) is 6.69. The van der Waals surface area contributed by atoms with E-state index in [4.69, 9.17) is 4.74 Å². The molecule has 0 radical (unpaired) electrons. The van der Waals surface area contributed by atoms with Gasteiger partial charge in [-0.3, -0.25) is 9.59 Å². The van der Waals surface area contributed by atoms with Gasteiger partial charge in [0.1, 0.15) is 5.75 Å². The molecule has 0 aliphatic carbocycles. The molecule has 2 aromatic carbocycles. The third-order valence-electron chi connectivity index (χ3n) is 5.26. The number of piperidine rings is 1. The summed E-state index contributed by atoms with van der Waals surface area (Å²) in [5, 5.41) is 2.91. The summed E-state index contributed by atoms with van der Waals surface area (Å²) in [5.74, 6) is 0.185. The van der Waals surface area contributed by atoms with Gasteiger partial charge in [0.15, 0.2) is 6.61 Å². The van der Waals surface area contributed by atoms with E-state index >= 15 is 0 Å². The van der Waals surface area contributed by atoms with E-state index in [1.807, 2.05) is 35.2 Å². The summed E-state index contributed by atoms with van der Waals surface area (Å²) in [7, 11) is 0. The van der Waals surface area contributed by atoms with Gasteiger partial charge in [0.05, 0.1) is 5.56 Å². The van der Waals surface area contributed by atoms with Gasteiger partial charge < -0.3 is 15.0 Å². The van der Waals surface area contributed by atoms with Gasteiger partial charge in [-0.15, -0.1) is 0 Å². The predicted octanol–water partition coefficient (Wildman–Crippen LogP) is 3.78. The summed E-state index contributed by atoms with van der Waals surface area (Å²) < 4.78 is 5.77. The van der Waals surface area contributed by atoms with Crippen LogP contribution >= 0.6 is 0 Å². The summed E-state index contributed by atoms with van der Waals surface area (Å²) in [4.78, 5) is 27.2. The highest BCUT2D eigenvalue weighted by atomic mass is 16.5. The average molecular weight is 380 g/mol. The van der Waals surface area contributed by atoms with Gasteiger partial charge in [-0.05, 0) is 50.8 Å². The average Bonchev–Trinajstić information content (AvgIpc) is 2.71. The number of nitrogens with zero attached hydrogens (tertiary/aromatic N) is 1. The molecule has 0 spiro atoms. The van der Waals surface area contributed by atoms with Crippen LogP contribution in [0.4, 0.5) is 0 Å². The maximum absolute atomic E-state index is 12.7. The third-order valence-corrected chi connectivity index (χ3v) is 5.26. The highest BCUT2D eigenvalue weighted by molar-refractivity contribution is 5.97. The van der Waals surface area contributed by atoms with Crippen molar-refractivity contribution in [1.29, 1.82) is 0 Å². The minimum absolute atomic E-state index is 0.0285. The van der Waals surface area contributed by atoms with Crippen molar-refractivity contribution in [3.8, 4) is 5.75 Å². The first kappa shape index (κ1) is 19.9. The summed E-state index contributed by atoms with van der Waals surface area (Å²) in [6.45, 7) is 4.55. The number of carbonyl (C=O) groups is 2. The lowest BCUT2D eigenvalue weighted by atomic mass is 9.97. The van der Waals surface area contributed by atoms with Crippen LogP contribution in [-0.2, 0) is 11.3 Å². The Hall–Kier alpha value is -2.82. The zero-order valence-corrected chi connectivity index (χ0v) is 16.6. The molecule has 3 rings (SSSR count). The predicted molar refractivity (Wildman–Crippen MR) is 109 cm³/mol. The molecule has 2 atom stereocenters. The molecule has 0 bridgehead atoms. The number of hydrogen-bond acceptors (Lipinski definition) is 3. The largest absolute Gasteiger partial charge is 0.483 e. The zero-order chi connectivity index (χ0) is 19.9. The molecule has 28 heavy (non-hydrogen) atoms. The van der Waals surface area contributed by atoms with Crippen LogP contribution in [0.5, 0.6) is 5.75 Å². The number of ether oxygens (including phenoxy) is 1. The molecule has 148 valence electrons. The summed E-state index contributed by atoms with van der Waals surface area (Å²) >= 11 is 0. The van der Waals surface area contributed by atoms with E-state index in [1.54, 1.807) is 24.3 Å². The first-order valence-electron chi connectivity index (χ1n) is 9.91. The third kappa shape index (κ3) is 4.91. The van der Waals surface area contributed by atoms with E-state index in [1.165, 1.54) is 0 Å². The smallest absolute Gasteiger partial charge is 0.260 e. The lowest BCUT2D eigenvalue weighted by Gasteiger charge is -2.39. The molecular formula is C23H28N2O3. The molecule has 1 saturated heterocycles. The fourth-order valence-corrected chi connectivity index (χ4v) is 3.78. The minimum atomic E-state index is -0.216. The van der Waals surface area contributed by atoms with Crippen molar-refractivity contribution in [2.24, 2.45) is 0 Å². The highest BCUT2D eigenvalue weighted by Crippen LogP contribution is 2.23. The number of hydrogen-bond donors (Lipinski definition) is 1. The number of carbonyl (C=O) groups excluding carboxylic acids is 2. The monoisotopic (exact) mass is 380 g/mol. The first-order valence-corrected chi connectivity index (χ1v) is 9.91. The molecule has 1 aliphatic heterocycles. The maximum atomic E-state index is 12.7. The van der Waals surface area contributed by atoms with Crippen LogP contribution in [0.2, 0.25) is 0 Å². The summed E-state index contributed by atoms with van der Waals surface area (Å²) in [6, 6.07) is 17.2. The Bertz CT molecular complexity index is 797. The molecule has 2 aromatic rings. The first-order chi connectivity index (χ1) is 13.6. The highest BCUT2D eigenvalue weighted by Gasteiger charge is 2.29. The van der Waals surface area contributed by atoms with Crippen LogP contribution in [0, 0.1) is 0 Å². The number of nitrogens with one attached hydrogen (secondary N) is 1. The van der Waals surface area contributed by atoms with Crippen LogP contribution in [-0.4, -0.2) is 35.4 Å². The second-order valence-corrected chi connectivity index (χ2v) is 7.38. The van der Waals surface area contributed by atoms with Gasteiger partial charge in [-0.25, -0.2) is 0 Å². The van der Waals surface area contributed by atoms with Crippen molar-refractivity contribution < 1.29 is 14.3 Å². The maximum Gasteiger partial charge on any atom is 0.260 e. The number of para-hydroxylation sites is 1. The van der Waals surface area contributed by atoms with E-state index in [-0.39, 0.29) is 30.5 Å². The molecule has 2 amide bonds. The van der Waals surface area contributed by atoms with Gasteiger partial charge in [-0.2, -0.15) is 0 Å². The van der Waals surface area contributed by atoms with Crippen molar-refractivity contribution in [2.45, 2.75) is 51.7 Å². The van der Waals surface area contributed by atoms with Gasteiger partial charge >= 0.3 is 0 Å². The summed E-state index contributed by atoms with van der Waals surface area (Å²) in [5.41, 5.74) is 1.46. The lowest BCUT2D eigenvalue weighted by Crippen LogP contribution is -2.49. The SMILES string of the molecule is C[C@@H]1CCC[C@@H](C)N1C(=O)COc1ccccc1C(=O)NCc1ccccc1. The van der Waals surface area contributed by atoms with Crippen LogP contribution in [0.25, 0.3) is 0 Å². The molecule has 5 nitrogen and oxygen atoms in total. The Balaban J connectivity index is 1.61. The van der Waals surface area contributed by atoms with Crippen molar-refractivity contribution in [1.82, 2.24) is 10.2 Å². The quantitative estimate of drug-likeness (QED) is 0.830. The van der Waals surface area contributed by atoms with Crippen LogP contribution < -0.4 is 10.1 Å². The van der Waals surface area contributed by atoms with Gasteiger partial charge in [0, 0.05) is 18.6 Å². The Labute approximate surface area is 166 Å². The number of likely N-dealkylation sites (tertiary alicyclic amines) is 1. The Morgan fingerprint density at radius 1 is 1.00 bits per heavy atom. The van der Waals surface area contributed by atoms with Crippen LogP contribution in [0.1, 0.15) is 49.0 Å². The van der Waals surface area contributed by atoms with Crippen molar-refractivity contribution in [3.63, 3.8) is 0 Å².